The number of esters is 1. The van der Waals surface area contributed by atoms with Crippen LogP contribution in [0.15, 0.2) is 48.6 Å². The molecule has 1 unspecified atom stereocenters. The fourth-order valence-corrected chi connectivity index (χ4v) is 3.23. The lowest BCUT2D eigenvalue weighted by Crippen LogP contribution is -2.32. The van der Waals surface area contributed by atoms with Crippen LogP contribution >= 0.6 is 0 Å². The second-order valence-corrected chi connectivity index (χ2v) is 6.89. The van der Waals surface area contributed by atoms with Crippen molar-refractivity contribution >= 4 is 22.6 Å². The number of methoxy groups -OCH3 is 1. The van der Waals surface area contributed by atoms with Gasteiger partial charge in [-0.15, -0.1) is 0 Å². The van der Waals surface area contributed by atoms with Gasteiger partial charge in [0.05, 0.1) is 13.0 Å². The number of nitrogens with zero attached hydrogens (tertiary/aromatic N) is 1. The molecule has 0 spiro atoms. The van der Waals surface area contributed by atoms with E-state index in [-0.39, 0.29) is 24.4 Å². The largest absolute Gasteiger partial charge is 0.497 e. The summed E-state index contributed by atoms with van der Waals surface area (Å²) in [5.74, 6) is 0.216. The first-order chi connectivity index (χ1) is 13.1. The Morgan fingerprint density at radius 1 is 1.11 bits per heavy atom. The van der Waals surface area contributed by atoms with E-state index in [0.29, 0.717) is 13.0 Å². The molecule has 0 aliphatic heterocycles. The Morgan fingerprint density at radius 3 is 2.63 bits per heavy atom. The number of amides is 1. The zero-order valence-electron chi connectivity index (χ0n) is 15.8. The van der Waals surface area contributed by atoms with E-state index >= 15 is 0 Å². The minimum Gasteiger partial charge on any atom is -0.497 e. The van der Waals surface area contributed by atoms with Gasteiger partial charge in [-0.25, -0.2) is 0 Å². The molecule has 142 valence electrons. The molecule has 1 atom stereocenters. The number of hydrogen-bond donors (Lipinski definition) is 0. The molecule has 5 heteroatoms. The number of allylic oxidation sites excluding steroid dienone is 2. The second-order valence-electron chi connectivity index (χ2n) is 6.89. The van der Waals surface area contributed by atoms with Gasteiger partial charge in [0.2, 0.25) is 0 Å². The van der Waals surface area contributed by atoms with Crippen molar-refractivity contribution in [2.45, 2.75) is 25.8 Å². The second kappa shape index (κ2) is 8.71. The fraction of sp³-hybridized carbons (Fsp3) is 0.364. The molecule has 1 amide bonds. The molecule has 27 heavy (non-hydrogen) atoms. The van der Waals surface area contributed by atoms with Crippen molar-refractivity contribution in [2.75, 3.05) is 20.8 Å². The first-order valence-corrected chi connectivity index (χ1v) is 9.19. The zero-order valence-corrected chi connectivity index (χ0v) is 15.8. The Morgan fingerprint density at radius 2 is 1.89 bits per heavy atom. The molecule has 1 aliphatic carbocycles. The fourth-order valence-electron chi connectivity index (χ4n) is 3.23. The van der Waals surface area contributed by atoms with E-state index in [4.69, 9.17) is 9.47 Å². The number of ether oxygens (including phenoxy) is 2. The average molecular weight is 367 g/mol. The van der Waals surface area contributed by atoms with Crippen molar-refractivity contribution in [3.05, 3.63) is 54.1 Å². The van der Waals surface area contributed by atoms with E-state index in [2.05, 4.69) is 12.1 Å². The quantitative estimate of drug-likeness (QED) is 0.577. The maximum atomic E-state index is 12.3. The average Bonchev–Trinajstić information content (AvgIpc) is 2.71. The number of benzene rings is 2. The van der Waals surface area contributed by atoms with Crippen LogP contribution in [0.4, 0.5) is 0 Å². The van der Waals surface area contributed by atoms with E-state index in [0.717, 1.165) is 34.9 Å². The minimum atomic E-state index is -0.277. The van der Waals surface area contributed by atoms with Crippen molar-refractivity contribution < 1.29 is 19.1 Å². The van der Waals surface area contributed by atoms with E-state index in [1.54, 1.807) is 19.1 Å². The zero-order chi connectivity index (χ0) is 19.2. The summed E-state index contributed by atoms with van der Waals surface area (Å²) in [4.78, 5) is 25.9. The number of hydrogen-bond acceptors (Lipinski definition) is 4. The highest BCUT2D eigenvalue weighted by Gasteiger charge is 2.21. The van der Waals surface area contributed by atoms with Crippen LogP contribution in [0.25, 0.3) is 10.8 Å². The highest BCUT2D eigenvalue weighted by Crippen LogP contribution is 2.22. The van der Waals surface area contributed by atoms with Gasteiger partial charge >= 0.3 is 5.97 Å². The third kappa shape index (κ3) is 4.88. The lowest BCUT2D eigenvalue weighted by molar-refractivity contribution is -0.155. The molecule has 0 saturated carbocycles. The smallest absolute Gasteiger partial charge is 0.309 e. The molecule has 2 aromatic rings. The van der Waals surface area contributed by atoms with Crippen LogP contribution in [0.5, 0.6) is 5.75 Å². The summed E-state index contributed by atoms with van der Waals surface area (Å²) in [6.45, 7) is 0.255. The lowest BCUT2D eigenvalue weighted by Gasteiger charge is -2.20. The standard InChI is InChI=1S/C22H25NO4/c1-23(21(24)15-27-22(25)17-6-4-3-5-7-17)14-16-8-9-19-13-20(26-2)11-10-18(19)12-16/h3-4,8-13,17H,5-7,14-15H2,1-2H3. The highest BCUT2D eigenvalue weighted by atomic mass is 16.5. The topological polar surface area (TPSA) is 55.8 Å². The van der Waals surface area contributed by atoms with Gasteiger partial charge in [0, 0.05) is 13.6 Å². The van der Waals surface area contributed by atoms with Crippen molar-refractivity contribution in [1.82, 2.24) is 4.90 Å². The Hall–Kier alpha value is -2.82. The lowest BCUT2D eigenvalue weighted by atomic mass is 9.95. The van der Waals surface area contributed by atoms with E-state index in [1.165, 1.54) is 0 Å². The van der Waals surface area contributed by atoms with Gasteiger partial charge in [-0.2, -0.15) is 0 Å². The van der Waals surface area contributed by atoms with Crippen molar-refractivity contribution in [3.8, 4) is 5.75 Å². The van der Waals surface area contributed by atoms with E-state index < -0.39 is 0 Å². The summed E-state index contributed by atoms with van der Waals surface area (Å²) in [6.07, 6.45) is 6.45. The van der Waals surface area contributed by atoms with Crippen LogP contribution in [0, 0.1) is 5.92 Å². The molecule has 0 N–H and O–H groups in total. The molecule has 5 nitrogen and oxygen atoms in total. The van der Waals surface area contributed by atoms with Crippen LogP contribution < -0.4 is 4.74 Å². The van der Waals surface area contributed by atoms with Crippen LogP contribution in [0.1, 0.15) is 24.8 Å². The van der Waals surface area contributed by atoms with Crippen molar-refractivity contribution in [2.24, 2.45) is 5.92 Å². The molecule has 3 rings (SSSR count). The van der Waals surface area contributed by atoms with Crippen LogP contribution in [-0.2, 0) is 20.9 Å². The number of fused-ring (bicyclic) bond motifs is 1. The molecule has 0 bridgehead atoms. The van der Waals surface area contributed by atoms with E-state index in [9.17, 15) is 9.59 Å². The monoisotopic (exact) mass is 367 g/mol. The van der Waals surface area contributed by atoms with Gasteiger partial charge in [0.1, 0.15) is 5.75 Å². The predicted molar refractivity (Wildman–Crippen MR) is 104 cm³/mol. The number of likely N-dealkylation sites (N-methyl/N-ethyl adjacent to an activating group) is 1. The first-order valence-electron chi connectivity index (χ1n) is 9.19. The third-order valence-corrected chi connectivity index (χ3v) is 4.90. The molecule has 0 fully saturated rings. The number of rotatable bonds is 6. The molecular weight excluding hydrogens is 342 g/mol. The molecule has 0 saturated heterocycles. The van der Waals surface area contributed by atoms with Gasteiger partial charge in [-0.05, 0) is 53.8 Å². The molecule has 0 aromatic heterocycles. The third-order valence-electron chi connectivity index (χ3n) is 4.90. The molecule has 2 aromatic carbocycles. The summed E-state index contributed by atoms with van der Waals surface area (Å²) in [5.41, 5.74) is 1.02. The Labute approximate surface area is 159 Å². The van der Waals surface area contributed by atoms with Gasteiger partial charge in [-0.1, -0.05) is 30.4 Å². The maximum Gasteiger partial charge on any atom is 0.309 e. The SMILES string of the molecule is COc1ccc2cc(CN(C)C(=O)COC(=O)C3CC=CCC3)ccc2c1. The Kier molecular flexibility index (Phi) is 6.12. The van der Waals surface area contributed by atoms with E-state index in [1.807, 2.05) is 36.4 Å². The molecule has 1 aliphatic rings. The van der Waals surface area contributed by atoms with Gasteiger partial charge < -0.3 is 14.4 Å². The number of carbonyl (C=O) groups excluding carboxylic acids is 2. The summed E-state index contributed by atoms with van der Waals surface area (Å²) >= 11 is 0. The van der Waals surface area contributed by atoms with Gasteiger partial charge in [0.15, 0.2) is 6.61 Å². The normalized spacial score (nSPS) is 16.1. The van der Waals surface area contributed by atoms with Gasteiger partial charge in [0.25, 0.3) is 5.91 Å². The molecule has 0 heterocycles. The summed E-state index contributed by atoms with van der Waals surface area (Å²) in [5, 5.41) is 2.17. The maximum absolute atomic E-state index is 12.3. The summed E-state index contributed by atoms with van der Waals surface area (Å²) < 4.78 is 10.5. The summed E-state index contributed by atoms with van der Waals surface area (Å²) in [6, 6.07) is 12.0. The van der Waals surface area contributed by atoms with Crippen LogP contribution in [0.3, 0.4) is 0 Å². The highest BCUT2D eigenvalue weighted by molar-refractivity contribution is 5.85. The summed E-state index contributed by atoms with van der Waals surface area (Å²) in [7, 11) is 3.37. The predicted octanol–water partition coefficient (Wildman–Crippen LogP) is 3.71. The van der Waals surface area contributed by atoms with Crippen molar-refractivity contribution in [3.63, 3.8) is 0 Å². The Balaban J connectivity index is 1.55. The minimum absolute atomic E-state index is 0.120. The van der Waals surface area contributed by atoms with Crippen molar-refractivity contribution in [1.29, 1.82) is 0 Å². The number of carbonyl (C=O) groups is 2. The van der Waals surface area contributed by atoms with Gasteiger partial charge in [-0.3, -0.25) is 9.59 Å². The Bertz CT molecular complexity index is 859. The molecule has 0 radical (unpaired) electrons. The molecular formula is C22H25NO4. The first kappa shape index (κ1) is 19.0. The van der Waals surface area contributed by atoms with Crippen LogP contribution in [0.2, 0.25) is 0 Å². The van der Waals surface area contributed by atoms with Crippen LogP contribution in [-0.4, -0.2) is 37.5 Å².